The van der Waals surface area contributed by atoms with E-state index in [1.807, 2.05) is 0 Å². The molecule has 0 saturated heterocycles. The summed E-state index contributed by atoms with van der Waals surface area (Å²) >= 11 is 0. The molecule has 0 atom stereocenters. The Hall–Kier alpha value is -0.365. The zero-order chi connectivity index (χ0) is 13.6. The fourth-order valence-electron chi connectivity index (χ4n) is 1.69. The van der Waals surface area contributed by atoms with Crippen LogP contribution in [0.2, 0.25) is 0 Å². The largest absolute Gasteiger partial charge is 0.744 e. The maximum absolute atomic E-state index is 11.0. The van der Waals surface area contributed by atoms with E-state index in [-0.39, 0.29) is 57.3 Å². The number of rotatable bonds is 2. The molecule has 0 unspecified atom stereocenters. The van der Waals surface area contributed by atoms with Crippen LogP contribution in [0, 0.1) is 35.6 Å². The Morgan fingerprint density at radius 3 is 1.19 bits per heavy atom. The second-order valence-corrected chi connectivity index (χ2v) is 6.21. The molecule has 0 aliphatic carbocycles. The van der Waals surface area contributed by atoms with Crippen LogP contribution in [-0.2, 0) is 20.2 Å². The first-order chi connectivity index (χ1) is 8.21. The van der Waals surface area contributed by atoms with Gasteiger partial charge in [0.15, 0.2) is 0 Å². The normalized spacial score (nSPS) is 11.0. The molecular weight excluding hydrogens is 451 g/mol. The summed E-state index contributed by atoms with van der Waals surface area (Å²) in [5.74, 6) is 0. The Morgan fingerprint density at radius 1 is 0.667 bits per heavy atom. The SMILES string of the molecule is O.O.O=S(=O)([O-])c1cccc2c(S(=O)(=O)[O-])cccc12.[La]. The molecule has 0 spiro atoms. The predicted octanol–water partition coefficient (Wildman–Crippen LogP) is -1.00. The number of fused-ring (bicyclic) bond motifs is 1. The van der Waals surface area contributed by atoms with Gasteiger partial charge in [-0.3, -0.25) is 0 Å². The van der Waals surface area contributed by atoms with Gasteiger partial charge in [-0.05, 0) is 12.1 Å². The van der Waals surface area contributed by atoms with Gasteiger partial charge in [-0.1, -0.05) is 24.3 Å². The van der Waals surface area contributed by atoms with Crippen LogP contribution in [-0.4, -0.2) is 36.9 Å². The molecule has 21 heavy (non-hydrogen) atoms. The summed E-state index contributed by atoms with van der Waals surface area (Å²) in [7, 11) is -9.48. The Kier molecular flexibility index (Phi) is 8.47. The molecule has 11 heteroatoms. The molecule has 0 aromatic heterocycles. The van der Waals surface area contributed by atoms with E-state index in [9.17, 15) is 25.9 Å². The van der Waals surface area contributed by atoms with Gasteiger partial charge < -0.3 is 20.1 Å². The fraction of sp³-hybridized carbons (Fsp3) is 0. The van der Waals surface area contributed by atoms with E-state index in [0.29, 0.717) is 0 Å². The van der Waals surface area contributed by atoms with Gasteiger partial charge in [0.05, 0.1) is 9.79 Å². The van der Waals surface area contributed by atoms with Crippen molar-refractivity contribution in [2.45, 2.75) is 9.79 Å². The van der Waals surface area contributed by atoms with Crippen molar-refractivity contribution in [3.63, 3.8) is 0 Å². The van der Waals surface area contributed by atoms with Crippen LogP contribution in [0.15, 0.2) is 46.2 Å². The minimum absolute atomic E-state index is 0. The van der Waals surface area contributed by atoms with Gasteiger partial charge in [0.1, 0.15) is 20.2 Å². The van der Waals surface area contributed by atoms with Crippen molar-refractivity contribution in [3.05, 3.63) is 36.4 Å². The van der Waals surface area contributed by atoms with Crippen LogP contribution < -0.4 is 0 Å². The molecule has 4 N–H and O–H groups in total. The quantitative estimate of drug-likeness (QED) is 0.518. The summed E-state index contributed by atoms with van der Waals surface area (Å²) in [6.07, 6.45) is 0. The topological polar surface area (TPSA) is 177 Å². The Bertz CT molecular complexity index is 758. The second kappa shape index (κ2) is 7.76. The van der Waals surface area contributed by atoms with Crippen molar-refractivity contribution in [1.29, 1.82) is 0 Å². The summed E-state index contributed by atoms with van der Waals surface area (Å²) in [5, 5.41) is -0.158. The molecule has 0 bridgehead atoms. The van der Waals surface area contributed by atoms with Gasteiger partial charge >= 0.3 is 0 Å². The molecule has 8 nitrogen and oxygen atoms in total. The number of hydrogen-bond donors (Lipinski definition) is 0. The molecule has 0 saturated carbocycles. The molecule has 2 aromatic carbocycles. The first-order valence-corrected chi connectivity index (χ1v) is 7.46. The summed E-state index contributed by atoms with van der Waals surface area (Å²) < 4.78 is 66.1. The molecule has 0 amide bonds. The van der Waals surface area contributed by atoms with Crippen LogP contribution in [0.3, 0.4) is 0 Å². The van der Waals surface area contributed by atoms with Gasteiger partial charge in [0.2, 0.25) is 0 Å². The summed E-state index contributed by atoms with van der Waals surface area (Å²) in [6.45, 7) is 0. The molecule has 0 fully saturated rings. The van der Waals surface area contributed by atoms with Crippen LogP contribution >= 0.6 is 0 Å². The minimum Gasteiger partial charge on any atom is -0.744 e. The Labute approximate surface area is 148 Å². The van der Waals surface area contributed by atoms with Gasteiger partial charge in [-0.25, -0.2) is 16.8 Å². The molecule has 2 aromatic rings. The van der Waals surface area contributed by atoms with Crippen molar-refractivity contribution in [2.75, 3.05) is 0 Å². The van der Waals surface area contributed by atoms with Gasteiger partial charge in [-0.2, -0.15) is 0 Å². The zero-order valence-corrected chi connectivity index (χ0v) is 15.6. The minimum atomic E-state index is -4.74. The van der Waals surface area contributed by atoms with Crippen LogP contribution in [0.1, 0.15) is 0 Å². The summed E-state index contributed by atoms with van der Waals surface area (Å²) in [5.41, 5.74) is 0. The van der Waals surface area contributed by atoms with E-state index < -0.39 is 30.0 Å². The number of hydrogen-bond acceptors (Lipinski definition) is 6. The van der Waals surface area contributed by atoms with E-state index in [1.54, 1.807) is 0 Å². The van der Waals surface area contributed by atoms with Crippen LogP contribution in [0.4, 0.5) is 0 Å². The monoisotopic (exact) mass is 461 g/mol. The fourth-order valence-corrected chi connectivity index (χ4v) is 3.07. The van der Waals surface area contributed by atoms with Crippen molar-refractivity contribution in [3.8, 4) is 0 Å². The van der Waals surface area contributed by atoms with Gasteiger partial charge in [0, 0.05) is 46.4 Å². The summed E-state index contributed by atoms with van der Waals surface area (Å²) in [4.78, 5) is -1.10. The van der Waals surface area contributed by atoms with Crippen LogP contribution in [0.25, 0.3) is 10.8 Å². The number of benzene rings is 2. The third-order valence-corrected chi connectivity index (χ3v) is 4.17. The van der Waals surface area contributed by atoms with E-state index >= 15 is 0 Å². The Balaban J connectivity index is 0. The van der Waals surface area contributed by atoms with Crippen molar-refractivity contribution < 1.29 is 72.5 Å². The average Bonchev–Trinajstić information content (AvgIpc) is 2.24. The third-order valence-electron chi connectivity index (χ3n) is 2.38. The second-order valence-electron chi connectivity index (χ2n) is 3.52. The first kappa shape index (κ1) is 22.9. The standard InChI is InChI=1S/C10H8O6S2.La.2H2O/c11-17(12,13)9-5-1-3-7-8(9)4-2-6-10(7)18(14,15)16;;;/h1-6H,(H,11,12,13)(H,14,15,16);;2*1H2/p-2. The van der Waals surface area contributed by atoms with E-state index in [2.05, 4.69) is 0 Å². The Morgan fingerprint density at radius 2 is 0.952 bits per heavy atom. The molecule has 1 radical (unpaired) electrons. The van der Waals surface area contributed by atoms with E-state index in [4.69, 9.17) is 0 Å². The molecule has 2 rings (SSSR count). The first-order valence-electron chi connectivity index (χ1n) is 4.65. The third kappa shape index (κ3) is 4.81. The molecule has 0 heterocycles. The van der Waals surface area contributed by atoms with Gasteiger partial charge in [0.25, 0.3) is 0 Å². The smallest absolute Gasteiger partial charge is 0.125 e. The van der Waals surface area contributed by atoms with Crippen molar-refractivity contribution in [2.24, 2.45) is 0 Å². The molecule has 0 aliphatic rings. The zero-order valence-electron chi connectivity index (χ0n) is 10.3. The van der Waals surface area contributed by atoms with E-state index in [1.165, 1.54) is 24.3 Å². The maximum Gasteiger partial charge on any atom is 0.125 e. The molecule has 0 aliphatic heterocycles. The average molecular weight is 461 g/mol. The van der Waals surface area contributed by atoms with E-state index in [0.717, 1.165) is 12.1 Å². The predicted molar refractivity (Wildman–Crippen MR) is 67.1 cm³/mol. The molecule has 115 valence electrons. The summed E-state index contributed by atoms with van der Waals surface area (Å²) in [6, 6.07) is 7.09. The van der Waals surface area contributed by atoms with Crippen LogP contribution in [0.5, 0.6) is 0 Å². The molecular formula is C10H10LaO8S2-2. The van der Waals surface area contributed by atoms with Crippen molar-refractivity contribution in [1.82, 2.24) is 0 Å². The van der Waals surface area contributed by atoms with Gasteiger partial charge in [-0.15, -0.1) is 0 Å². The maximum atomic E-state index is 11.0. The van der Waals surface area contributed by atoms with Crippen molar-refractivity contribution >= 4 is 31.0 Å².